The lowest BCUT2D eigenvalue weighted by molar-refractivity contribution is -0.138. The highest BCUT2D eigenvalue weighted by molar-refractivity contribution is 6.45. The molecule has 2 aliphatic heterocycles. The van der Waals surface area contributed by atoms with E-state index in [1.54, 1.807) is 18.3 Å². The van der Waals surface area contributed by atoms with Crippen LogP contribution in [0.2, 0.25) is 0 Å². The minimum atomic E-state index is -4.60. The van der Waals surface area contributed by atoms with E-state index >= 15 is 0 Å². The van der Waals surface area contributed by atoms with Crippen LogP contribution in [0.1, 0.15) is 62.3 Å². The van der Waals surface area contributed by atoms with Crippen molar-refractivity contribution in [2.75, 3.05) is 19.6 Å². The molecule has 2 aliphatic rings. The third kappa shape index (κ3) is 7.32. The van der Waals surface area contributed by atoms with Crippen LogP contribution in [-0.4, -0.2) is 58.3 Å². The second-order valence-corrected chi connectivity index (χ2v) is 10.9. The molecule has 7 nitrogen and oxygen atoms in total. The van der Waals surface area contributed by atoms with Gasteiger partial charge >= 0.3 is 12.1 Å². The highest BCUT2D eigenvalue weighted by atomic mass is 19.4. The first-order valence-corrected chi connectivity index (χ1v) is 13.0. The molecule has 1 fully saturated rings. The predicted molar refractivity (Wildman–Crippen MR) is 142 cm³/mol. The molecule has 0 saturated carbocycles. The van der Waals surface area contributed by atoms with E-state index in [0.717, 1.165) is 32.0 Å². The first-order valence-electron chi connectivity index (χ1n) is 13.0. The van der Waals surface area contributed by atoms with Crippen molar-refractivity contribution < 1.29 is 27.9 Å². The van der Waals surface area contributed by atoms with Crippen molar-refractivity contribution in [3.8, 4) is 0 Å². The summed E-state index contributed by atoms with van der Waals surface area (Å²) >= 11 is 0. The van der Waals surface area contributed by atoms with Crippen molar-refractivity contribution in [3.63, 3.8) is 0 Å². The van der Waals surface area contributed by atoms with Gasteiger partial charge < -0.3 is 15.3 Å². The standard InChI is InChI=1S/C29H33F3N4O3/c1-28(2)11-6-13-36(18-28)14-10-20(15-25(37)38)34-27(39)24-16-22(26(35-24)19-7-5-12-33-17-19)21-8-3-4-9-23(21)29(30,31)32/h3-5,7-9,12,16-17,20,26H,6,10-11,13-15,18H2,1-2H3,(H,34,39)(H,37,38)/t20-,26?/m0/s1. The quantitative estimate of drug-likeness (QED) is 0.457. The van der Waals surface area contributed by atoms with Gasteiger partial charge in [-0.1, -0.05) is 38.1 Å². The zero-order valence-electron chi connectivity index (χ0n) is 22.0. The molecule has 1 amide bonds. The molecule has 1 saturated heterocycles. The third-order valence-corrected chi connectivity index (χ3v) is 7.16. The Bertz CT molecular complexity index is 1260. The summed E-state index contributed by atoms with van der Waals surface area (Å²) in [5.74, 6) is -1.66. The van der Waals surface area contributed by atoms with Gasteiger partial charge in [-0.25, -0.2) is 0 Å². The maximum atomic E-state index is 13.9. The van der Waals surface area contributed by atoms with Crippen LogP contribution in [0.3, 0.4) is 0 Å². The van der Waals surface area contributed by atoms with E-state index in [9.17, 15) is 27.9 Å². The van der Waals surface area contributed by atoms with Crippen LogP contribution in [-0.2, 0) is 15.8 Å². The molecule has 1 aromatic carbocycles. The molecular formula is C29H33F3N4O3. The molecule has 0 bridgehead atoms. The molecule has 0 spiro atoms. The SMILES string of the molecule is CC1(C)CCCN(CC[C@@H](CC(=O)O)NC(=O)C2=NC(c3cccnc3)C(c3ccccc3C(F)(F)F)=C2)C1. The number of nitrogens with one attached hydrogen (secondary N) is 1. The van der Waals surface area contributed by atoms with E-state index in [4.69, 9.17) is 0 Å². The molecule has 0 radical (unpaired) electrons. The number of aliphatic imine (C=N–C) groups is 1. The molecule has 10 heteroatoms. The van der Waals surface area contributed by atoms with Crippen LogP contribution < -0.4 is 5.32 Å². The predicted octanol–water partition coefficient (Wildman–Crippen LogP) is 5.15. The van der Waals surface area contributed by atoms with E-state index in [2.05, 4.69) is 34.0 Å². The highest BCUT2D eigenvalue weighted by Crippen LogP contribution is 2.42. The largest absolute Gasteiger partial charge is 0.481 e. The first-order chi connectivity index (χ1) is 18.4. The van der Waals surface area contributed by atoms with E-state index in [0.29, 0.717) is 18.5 Å². The Morgan fingerprint density at radius 2 is 1.97 bits per heavy atom. The second kappa shape index (κ2) is 11.7. The van der Waals surface area contributed by atoms with Crippen molar-refractivity contribution in [3.05, 3.63) is 71.6 Å². The van der Waals surface area contributed by atoms with Gasteiger partial charge in [-0.2, -0.15) is 13.2 Å². The summed E-state index contributed by atoms with van der Waals surface area (Å²) < 4.78 is 41.6. The van der Waals surface area contributed by atoms with E-state index < -0.39 is 35.7 Å². The second-order valence-electron chi connectivity index (χ2n) is 10.9. The Balaban J connectivity index is 1.58. The zero-order valence-corrected chi connectivity index (χ0v) is 22.0. The zero-order chi connectivity index (χ0) is 28.2. The molecule has 2 atom stereocenters. The van der Waals surface area contributed by atoms with Gasteiger partial charge in [0, 0.05) is 31.5 Å². The van der Waals surface area contributed by atoms with Gasteiger partial charge in [-0.05, 0) is 66.1 Å². The molecule has 208 valence electrons. The summed E-state index contributed by atoms with van der Waals surface area (Å²) in [6.45, 7) is 6.85. The van der Waals surface area contributed by atoms with Crippen molar-refractivity contribution >= 4 is 23.2 Å². The number of likely N-dealkylation sites (tertiary alicyclic amines) is 1. The minimum Gasteiger partial charge on any atom is -0.481 e. The Labute approximate surface area is 225 Å². The van der Waals surface area contributed by atoms with Gasteiger partial charge in [0.2, 0.25) is 0 Å². The molecule has 0 aliphatic carbocycles. The molecule has 1 aromatic heterocycles. The molecule has 4 rings (SSSR count). The van der Waals surface area contributed by atoms with Crippen LogP contribution in [0, 0.1) is 5.41 Å². The number of halogens is 3. The molecular weight excluding hydrogens is 509 g/mol. The fourth-order valence-corrected chi connectivity index (χ4v) is 5.36. The average Bonchev–Trinajstić information content (AvgIpc) is 3.32. The molecule has 1 unspecified atom stereocenters. The monoisotopic (exact) mass is 542 g/mol. The van der Waals surface area contributed by atoms with Gasteiger partial charge in [0.1, 0.15) is 11.8 Å². The van der Waals surface area contributed by atoms with Crippen LogP contribution in [0.4, 0.5) is 13.2 Å². The maximum Gasteiger partial charge on any atom is 0.416 e. The van der Waals surface area contributed by atoms with Crippen molar-refractivity contribution in [1.29, 1.82) is 0 Å². The Morgan fingerprint density at radius 3 is 2.64 bits per heavy atom. The smallest absolute Gasteiger partial charge is 0.416 e. The van der Waals surface area contributed by atoms with Gasteiger partial charge in [0.25, 0.3) is 5.91 Å². The van der Waals surface area contributed by atoms with Crippen LogP contribution >= 0.6 is 0 Å². The van der Waals surface area contributed by atoms with E-state index in [-0.39, 0.29) is 28.7 Å². The number of hydrogen-bond acceptors (Lipinski definition) is 5. The lowest BCUT2D eigenvalue weighted by Crippen LogP contribution is -2.45. The van der Waals surface area contributed by atoms with Crippen LogP contribution in [0.5, 0.6) is 0 Å². The van der Waals surface area contributed by atoms with Crippen molar-refractivity contribution in [1.82, 2.24) is 15.2 Å². The number of carbonyl (C=O) groups is 2. The Morgan fingerprint density at radius 1 is 1.21 bits per heavy atom. The summed E-state index contributed by atoms with van der Waals surface area (Å²) in [5.41, 5.74) is 0.00267. The lowest BCUT2D eigenvalue weighted by Gasteiger charge is -2.38. The number of carbonyl (C=O) groups excluding carboxylic acids is 1. The number of nitrogens with zero attached hydrogens (tertiary/aromatic N) is 3. The molecule has 39 heavy (non-hydrogen) atoms. The number of amides is 1. The lowest BCUT2D eigenvalue weighted by atomic mass is 9.84. The van der Waals surface area contributed by atoms with Crippen LogP contribution in [0.15, 0.2) is 59.9 Å². The molecule has 2 N–H and O–H groups in total. The summed E-state index contributed by atoms with van der Waals surface area (Å²) in [6.07, 6.45) is 2.16. The normalized spacial score (nSPS) is 20.2. The van der Waals surface area contributed by atoms with Gasteiger partial charge in [0.05, 0.1) is 12.0 Å². The van der Waals surface area contributed by atoms with E-state index in [1.807, 2.05) is 0 Å². The maximum absolute atomic E-state index is 13.9. The summed E-state index contributed by atoms with van der Waals surface area (Å²) in [6, 6.07) is 7.02. The third-order valence-electron chi connectivity index (χ3n) is 7.16. The Kier molecular flexibility index (Phi) is 8.54. The number of pyridine rings is 1. The number of aliphatic carboxylic acids is 1. The number of hydrogen-bond donors (Lipinski definition) is 2. The number of aromatic nitrogens is 1. The number of rotatable bonds is 9. The molecule has 2 aromatic rings. The number of benzene rings is 1. The number of carboxylic acid groups (broad SMARTS) is 1. The fraction of sp³-hybridized carbons (Fsp3) is 0.448. The topological polar surface area (TPSA) is 94.9 Å². The highest BCUT2D eigenvalue weighted by Gasteiger charge is 2.37. The van der Waals surface area contributed by atoms with Gasteiger partial charge in [0.15, 0.2) is 0 Å². The molecule has 3 heterocycles. The first kappa shape index (κ1) is 28.5. The summed E-state index contributed by atoms with van der Waals surface area (Å²) in [7, 11) is 0. The summed E-state index contributed by atoms with van der Waals surface area (Å²) in [5, 5.41) is 12.2. The van der Waals surface area contributed by atoms with Gasteiger partial charge in [-0.3, -0.25) is 19.6 Å². The Hall–Kier alpha value is -3.53. The van der Waals surface area contributed by atoms with Gasteiger partial charge in [-0.15, -0.1) is 0 Å². The fourth-order valence-electron chi connectivity index (χ4n) is 5.36. The number of carboxylic acids is 1. The van der Waals surface area contributed by atoms with Crippen molar-refractivity contribution in [2.24, 2.45) is 10.4 Å². The number of alkyl halides is 3. The average molecular weight is 543 g/mol. The minimum absolute atomic E-state index is 0.0506. The summed E-state index contributed by atoms with van der Waals surface area (Å²) in [4.78, 5) is 35.7. The van der Waals surface area contributed by atoms with Crippen LogP contribution in [0.25, 0.3) is 5.57 Å². The van der Waals surface area contributed by atoms with E-state index in [1.165, 1.54) is 30.5 Å². The number of piperidine rings is 1. The van der Waals surface area contributed by atoms with Crippen molar-refractivity contribution in [2.45, 2.75) is 57.8 Å².